The second-order valence-corrected chi connectivity index (χ2v) is 5.38. The van der Waals surface area contributed by atoms with Crippen molar-refractivity contribution >= 4 is 11.5 Å². The molecular weight excluding hydrogens is 250 g/mol. The van der Waals surface area contributed by atoms with Crippen molar-refractivity contribution in [2.75, 3.05) is 0 Å². The molecule has 5 nitrogen and oxygen atoms in total. The van der Waals surface area contributed by atoms with E-state index in [9.17, 15) is 0 Å². The smallest absolute Gasteiger partial charge is 0.126 e. The fraction of sp³-hybridized carbons (Fsp3) is 0.467. The zero-order chi connectivity index (χ0) is 14.5. The zero-order valence-electron chi connectivity index (χ0n) is 11.9. The molecule has 1 saturated carbocycles. The van der Waals surface area contributed by atoms with Gasteiger partial charge >= 0.3 is 0 Å². The maximum absolute atomic E-state index is 7.69. The van der Waals surface area contributed by atoms with Crippen LogP contribution < -0.4 is 11.5 Å². The fourth-order valence-electron chi connectivity index (χ4n) is 2.71. The Morgan fingerprint density at radius 2 is 2.20 bits per heavy atom. The molecule has 0 amide bonds. The van der Waals surface area contributed by atoms with E-state index in [0.717, 1.165) is 12.1 Å². The molecule has 2 unspecified atom stereocenters. The Labute approximate surface area is 119 Å². The van der Waals surface area contributed by atoms with Crippen LogP contribution in [0.3, 0.4) is 0 Å². The quantitative estimate of drug-likeness (QED) is 0.498. The summed E-state index contributed by atoms with van der Waals surface area (Å²) in [4.78, 5) is 8.00. The van der Waals surface area contributed by atoms with Crippen LogP contribution in [0, 0.1) is 11.3 Å². The number of aliphatic imine (C=N–C) groups is 1. The molecule has 0 saturated heterocycles. The third-order valence-electron chi connectivity index (χ3n) is 3.93. The van der Waals surface area contributed by atoms with Crippen molar-refractivity contribution in [1.29, 1.82) is 5.41 Å². The molecule has 108 valence electrons. The van der Waals surface area contributed by atoms with Crippen LogP contribution in [0.1, 0.15) is 38.3 Å². The number of aromatic nitrogens is 1. The predicted octanol–water partition coefficient (Wildman–Crippen LogP) is 2.16. The van der Waals surface area contributed by atoms with Crippen molar-refractivity contribution < 1.29 is 0 Å². The van der Waals surface area contributed by atoms with Gasteiger partial charge in [-0.05, 0) is 30.9 Å². The van der Waals surface area contributed by atoms with Crippen LogP contribution in [0.2, 0.25) is 0 Å². The molecule has 1 heterocycles. The molecule has 2 atom stereocenters. The highest BCUT2D eigenvalue weighted by Crippen LogP contribution is 2.27. The van der Waals surface area contributed by atoms with Crippen LogP contribution >= 0.6 is 0 Å². The monoisotopic (exact) mass is 273 g/mol. The lowest BCUT2D eigenvalue weighted by Gasteiger charge is -2.26. The fourth-order valence-corrected chi connectivity index (χ4v) is 2.71. The molecule has 6 N–H and O–H groups in total. The van der Waals surface area contributed by atoms with Gasteiger partial charge in [-0.1, -0.05) is 19.8 Å². The molecule has 1 aliphatic rings. The number of nitrogens with two attached hydrogens (primary N) is 2. The van der Waals surface area contributed by atoms with Gasteiger partial charge in [0.2, 0.25) is 0 Å². The number of aromatic amines is 1. The maximum Gasteiger partial charge on any atom is 0.126 e. The number of hydrogen-bond acceptors (Lipinski definition) is 3. The normalized spacial score (nSPS) is 24.6. The second-order valence-electron chi connectivity index (χ2n) is 5.38. The van der Waals surface area contributed by atoms with E-state index >= 15 is 0 Å². The Hall–Kier alpha value is -2.04. The summed E-state index contributed by atoms with van der Waals surface area (Å²) in [5.74, 6) is 0.504. The average Bonchev–Trinajstić information content (AvgIpc) is 2.94. The molecule has 2 rings (SSSR count). The minimum Gasteiger partial charge on any atom is -0.404 e. The van der Waals surface area contributed by atoms with E-state index in [1.165, 1.54) is 25.5 Å². The van der Waals surface area contributed by atoms with Crippen molar-refractivity contribution in [3.63, 3.8) is 0 Å². The van der Waals surface area contributed by atoms with Gasteiger partial charge < -0.3 is 16.5 Å². The van der Waals surface area contributed by atoms with Gasteiger partial charge in [-0.3, -0.25) is 10.4 Å². The van der Waals surface area contributed by atoms with E-state index in [-0.39, 0.29) is 11.9 Å². The average molecular weight is 273 g/mol. The van der Waals surface area contributed by atoms with Crippen LogP contribution in [0.15, 0.2) is 35.1 Å². The van der Waals surface area contributed by atoms with Gasteiger partial charge in [0.25, 0.3) is 0 Å². The SMILES string of the molecule is CC1CCCCC1N=C(C(=CN)C(=N)N)c1ccc[nH]1. The first-order chi connectivity index (χ1) is 9.63. The number of nitrogens with one attached hydrogen (secondary N) is 2. The molecule has 0 spiro atoms. The van der Waals surface area contributed by atoms with Gasteiger partial charge in [0.15, 0.2) is 0 Å². The first-order valence-electron chi connectivity index (χ1n) is 7.11. The van der Waals surface area contributed by atoms with Crippen LogP contribution in [-0.2, 0) is 0 Å². The maximum atomic E-state index is 7.69. The number of amidine groups is 1. The highest BCUT2D eigenvalue weighted by molar-refractivity contribution is 6.27. The van der Waals surface area contributed by atoms with Crippen LogP contribution in [0.25, 0.3) is 0 Å². The molecule has 0 radical (unpaired) electrons. The van der Waals surface area contributed by atoms with Crippen molar-refractivity contribution in [2.24, 2.45) is 22.4 Å². The molecule has 0 aromatic carbocycles. The Morgan fingerprint density at radius 1 is 1.45 bits per heavy atom. The summed E-state index contributed by atoms with van der Waals surface area (Å²) in [5.41, 5.74) is 13.3. The second kappa shape index (κ2) is 6.41. The lowest BCUT2D eigenvalue weighted by Crippen LogP contribution is -2.27. The zero-order valence-corrected chi connectivity index (χ0v) is 11.9. The van der Waals surface area contributed by atoms with E-state index in [2.05, 4.69) is 11.9 Å². The van der Waals surface area contributed by atoms with Crippen LogP contribution in [0.4, 0.5) is 0 Å². The minimum absolute atomic E-state index is 0.0516. The molecule has 1 aromatic rings. The summed E-state index contributed by atoms with van der Waals surface area (Å²) in [6.45, 7) is 2.24. The van der Waals surface area contributed by atoms with E-state index in [0.29, 0.717) is 17.2 Å². The third kappa shape index (κ3) is 3.10. The first kappa shape index (κ1) is 14.4. The number of rotatable bonds is 4. The predicted molar refractivity (Wildman–Crippen MR) is 82.9 cm³/mol. The van der Waals surface area contributed by atoms with Crippen molar-refractivity contribution in [3.8, 4) is 0 Å². The standard InChI is InChI=1S/C15H23N5/c1-10-5-2-3-6-12(10)20-14(11(9-16)15(17)18)13-7-4-8-19-13/h4,7-10,12,19H,2-3,5-6,16H2,1H3,(H3,17,18). The number of nitrogens with zero attached hydrogens (tertiary/aromatic N) is 1. The molecule has 1 fully saturated rings. The summed E-state index contributed by atoms with van der Waals surface area (Å²) >= 11 is 0. The van der Waals surface area contributed by atoms with Gasteiger partial charge in [0.1, 0.15) is 5.84 Å². The van der Waals surface area contributed by atoms with Crippen molar-refractivity contribution in [1.82, 2.24) is 4.98 Å². The van der Waals surface area contributed by atoms with Gasteiger partial charge in [0, 0.05) is 12.4 Å². The summed E-state index contributed by atoms with van der Waals surface area (Å²) in [6.07, 6.45) is 7.98. The molecule has 0 aliphatic heterocycles. The Kier molecular flexibility index (Phi) is 4.61. The molecule has 0 bridgehead atoms. The molecule has 20 heavy (non-hydrogen) atoms. The Balaban J connectivity index is 2.38. The Bertz CT molecular complexity index is 512. The summed E-state index contributed by atoms with van der Waals surface area (Å²) in [7, 11) is 0. The molecular formula is C15H23N5. The summed E-state index contributed by atoms with van der Waals surface area (Å²) < 4.78 is 0. The molecule has 1 aromatic heterocycles. The highest BCUT2D eigenvalue weighted by atomic mass is 14.9. The van der Waals surface area contributed by atoms with E-state index in [4.69, 9.17) is 21.9 Å². The van der Waals surface area contributed by atoms with E-state index in [1.807, 2.05) is 18.3 Å². The summed E-state index contributed by atoms with van der Waals surface area (Å²) in [5, 5.41) is 7.69. The third-order valence-corrected chi connectivity index (χ3v) is 3.93. The molecule has 1 aliphatic carbocycles. The first-order valence-corrected chi connectivity index (χ1v) is 7.11. The lowest BCUT2D eigenvalue weighted by molar-refractivity contribution is 0.333. The van der Waals surface area contributed by atoms with Gasteiger partial charge in [-0.15, -0.1) is 0 Å². The summed E-state index contributed by atoms with van der Waals surface area (Å²) in [6, 6.07) is 4.11. The van der Waals surface area contributed by atoms with Gasteiger partial charge in [-0.25, -0.2) is 0 Å². The minimum atomic E-state index is -0.0516. The van der Waals surface area contributed by atoms with Gasteiger partial charge in [0.05, 0.1) is 23.0 Å². The van der Waals surface area contributed by atoms with Crippen LogP contribution in [-0.4, -0.2) is 22.6 Å². The van der Waals surface area contributed by atoms with Crippen LogP contribution in [0.5, 0.6) is 0 Å². The van der Waals surface area contributed by atoms with Crippen molar-refractivity contribution in [2.45, 2.75) is 38.6 Å². The van der Waals surface area contributed by atoms with E-state index < -0.39 is 0 Å². The van der Waals surface area contributed by atoms with Gasteiger partial charge in [-0.2, -0.15) is 0 Å². The highest BCUT2D eigenvalue weighted by Gasteiger charge is 2.23. The Morgan fingerprint density at radius 3 is 2.75 bits per heavy atom. The number of H-pyrrole nitrogens is 1. The topological polar surface area (TPSA) is 104 Å². The van der Waals surface area contributed by atoms with E-state index in [1.54, 1.807) is 0 Å². The lowest BCUT2D eigenvalue weighted by atomic mass is 9.86. The van der Waals surface area contributed by atoms with Crippen molar-refractivity contribution in [3.05, 3.63) is 35.8 Å². The number of hydrogen-bond donors (Lipinski definition) is 4. The largest absolute Gasteiger partial charge is 0.404 e. The molecule has 5 heteroatoms.